The zero-order chi connectivity index (χ0) is 30.4. The number of hydrogen-bond acceptors (Lipinski definition) is 9. The monoisotopic (exact) mass is 595 g/mol. The minimum Gasteiger partial charge on any atom is -0.496 e. The molecular weight excluding hydrogens is 558 g/mol. The maximum absolute atomic E-state index is 13.6. The molecular formula is C30H38ClN7O4. The standard InChI is InChI=1S/C30H38ClN7O4/c1-17(32-4)27(39)37-25(29(41)38-28(40)22-11-8-12-33-22)30(2,3)15-18-13-19-23(14-24(18)42-5)34-16-35-26(19)36-21-10-7-6-9-20(21)31/h6-7,9-10,13-14,16-17,22,25,32-33H,8,11-12,15H2,1-5H3,(H,37,39)(H,34,35,36)(H,38,40,41)/t17-,22-,25+/m0/s1. The predicted molar refractivity (Wildman–Crippen MR) is 163 cm³/mol. The Balaban J connectivity index is 1.68. The molecule has 2 aromatic carbocycles. The summed E-state index contributed by atoms with van der Waals surface area (Å²) in [7, 11) is 3.23. The van der Waals surface area contributed by atoms with Gasteiger partial charge in [0.25, 0.3) is 0 Å². The number of rotatable bonds is 11. The highest BCUT2D eigenvalue weighted by Crippen LogP contribution is 2.36. The molecule has 3 aromatic rings. The maximum atomic E-state index is 13.6. The first-order chi connectivity index (χ1) is 20.0. The van der Waals surface area contributed by atoms with Crippen molar-refractivity contribution in [3.8, 4) is 5.75 Å². The predicted octanol–water partition coefficient (Wildman–Crippen LogP) is 3.09. The van der Waals surface area contributed by atoms with Crippen LogP contribution in [0.3, 0.4) is 0 Å². The molecule has 1 saturated heterocycles. The van der Waals surface area contributed by atoms with E-state index >= 15 is 0 Å². The van der Waals surface area contributed by atoms with Crippen molar-refractivity contribution in [3.05, 3.63) is 53.3 Å². The number of amides is 3. The van der Waals surface area contributed by atoms with Gasteiger partial charge >= 0.3 is 0 Å². The second kappa shape index (κ2) is 13.5. The number of nitrogens with zero attached hydrogens (tertiary/aromatic N) is 2. The number of likely N-dealkylation sites (N-methyl/N-ethyl adjacent to an activating group) is 1. The Bertz CT molecular complexity index is 1460. The molecule has 1 fully saturated rings. The molecule has 0 bridgehead atoms. The fraction of sp³-hybridized carbons (Fsp3) is 0.433. The smallest absolute Gasteiger partial charge is 0.249 e. The number of aromatic nitrogens is 2. The molecule has 0 radical (unpaired) electrons. The van der Waals surface area contributed by atoms with E-state index in [1.807, 2.05) is 44.2 Å². The van der Waals surface area contributed by atoms with Crippen LogP contribution in [0.25, 0.3) is 10.9 Å². The van der Waals surface area contributed by atoms with Crippen molar-refractivity contribution in [1.29, 1.82) is 0 Å². The van der Waals surface area contributed by atoms with E-state index in [1.165, 1.54) is 6.33 Å². The van der Waals surface area contributed by atoms with E-state index in [9.17, 15) is 14.4 Å². The van der Waals surface area contributed by atoms with Gasteiger partial charge in [-0.3, -0.25) is 19.7 Å². The molecule has 0 spiro atoms. The van der Waals surface area contributed by atoms with Crippen LogP contribution < -0.4 is 31.3 Å². The van der Waals surface area contributed by atoms with Crippen molar-refractivity contribution in [3.63, 3.8) is 0 Å². The van der Waals surface area contributed by atoms with Crippen LogP contribution >= 0.6 is 11.6 Å². The van der Waals surface area contributed by atoms with Gasteiger partial charge < -0.3 is 26.0 Å². The summed E-state index contributed by atoms with van der Waals surface area (Å²) < 4.78 is 5.72. The van der Waals surface area contributed by atoms with E-state index in [0.29, 0.717) is 40.6 Å². The van der Waals surface area contributed by atoms with Crippen LogP contribution in [0.4, 0.5) is 11.5 Å². The van der Waals surface area contributed by atoms with Gasteiger partial charge in [-0.15, -0.1) is 0 Å². The zero-order valence-corrected chi connectivity index (χ0v) is 25.3. The number of benzene rings is 2. The summed E-state index contributed by atoms with van der Waals surface area (Å²) in [4.78, 5) is 48.2. The van der Waals surface area contributed by atoms with Gasteiger partial charge in [-0.2, -0.15) is 0 Å². The Labute approximate surface area is 250 Å². The topological polar surface area (TPSA) is 146 Å². The SMILES string of the molecule is CN[C@@H](C)C(=O)N[C@H](C(=O)NC(=O)[C@@H]1CCCN1)C(C)(C)Cc1cc2c(Nc3ccccc3Cl)ncnc2cc1OC. The quantitative estimate of drug-likeness (QED) is 0.226. The minimum atomic E-state index is -1.03. The fourth-order valence-corrected chi connectivity index (χ4v) is 5.23. The highest BCUT2D eigenvalue weighted by Gasteiger charge is 2.39. The van der Waals surface area contributed by atoms with Gasteiger partial charge in [-0.1, -0.05) is 37.6 Å². The van der Waals surface area contributed by atoms with Crippen LogP contribution in [0, 0.1) is 5.41 Å². The van der Waals surface area contributed by atoms with Crippen LogP contribution in [-0.2, 0) is 20.8 Å². The molecule has 3 amide bonds. The summed E-state index contributed by atoms with van der Waals surface area (Å²) in [6.45, 7) is 6.16. The number of carbonyl (C=O) groups excluding carboxylic acids is 3. The number of carbonyl (C=O) groups is 3. The first kappa shape index (κ1) is 31.1. The van der Waals surface area contributed by atoms with Crippen molar-refractivity contribution in [2.75, 3.05) is 26.0 Å². The molecule has 1 aliphatic rings. The Morgan fingerprint density at radius 1 is 1.17 bits per heavy atom. The van der Waals surface area contributed by atoms with Gasteiger partial charge in [-0.25, -0.2) is 9.97 Å². The molecule has 3 atom stereocenters. The number of fused-ring (bicyclic) bond motifs is 1. The van der Waals surface area contributed by atoms with Crippen LogP contribution in [-0.4, -0.2) is 66.5 Å². The van der Waals surface area contributed by atoms with Gasteiger partial charge in [0.1, 0.15) is 23.9 Å². The summed E-state index contributed by atoms with van der Waals surface area (Å²) in [6.07, 6.45) is 3.28. The Morgan fingerprint density at radius 3 is 2.60 bits per heavy atom. The highest BCUT2D eigenvalue weighted by molar-refractivity contribution is 6.33. The van der Waals surface area contributed by atoms with Crippen molar-refractivity contribution >= 4 is 51.7 Å². The van der Waals surface area contributed by atoms with E-state index in [1.54, 1.807) is 27.1 Å². The number of anilines is 2. The molecule has 42 heavy (non-hydrogen) atoms. The lowest BCUT2D eigenvalue weighted by atomic mass is 9.77. The Hall–Kier alpha value is -3.80. The molecule has 5 N–H and O–H groups in total. The molecule has 1 aliphatic heterocycles. The molecule has 1 aromatic heterocycles. The third kappa shape index (κ3) is 7.15. The molecule has 0 aliphatic carbocycles. The number of imide groups is 1. The number of methoxy groups -OCH3 is 1. The Kier molecular flexibility index (Phi) is 9.97. The van der Waals surface area contributed by atoms with Gasteiger partial charge in [0, 0.05) is 11.5 Å². The fourth-order valence-electron chi connectivity index (χ4n) is 5.04. The van der Waals surface area contributed by atoms with Gasteiger partial charge in [0.2, 0.25) is 17.7 Å². The van der Waals surface area contributed by atoms with Crippen LogP contribution in [0.2, 0.25) is 5.02 Å². The van der Waals surface area contributed by atoms with E-state index in [-0.39, 0.29) is 5.91 Å². The average Bonchev–Trinajstić information content (AvgIpc) is 3.51. The molecule has 0 saturated carbocycles. The maximum Gasteiger partial charge on any atom is 0.249 e. The first-order valence-corrected chi connectivity index (χ1v) is 14.3. The van der Waals surface area contributed by atoms with Crippen molar-refractivity contribution in [2.24, 2.45) is 5.41 Å². The number of halogens is 1. The second-order valence-corrected chi connectivity index (χ2v) is 11.5. The third-order valence-electron chi connectivity index (χ3n) is 7.59. The highest BCUT2D eigenvalue weighted by atomic mass is 35.5. The molecule has 2 heterocycles. The van der Waals surface area contributed by atoms with Gasteiger partial charge in [0.15, 0.2) is 0 Å². The lowest BCUT2D eigenvalue weighted by Crippen LogP contribution is -2.59. The molecule has 0 unspecified atom stereocenters. The molecule has 4 rings (SSSR count). The average molecular weight is 596 g/mol. The molecule has 224 valence electrons. The number of nitrogens with one attached hydrogen (secondary N) is 5. The lowest BCUT2D eigenvalue weighted by molar-refractivity contribution is -0.137. The lowest BCUT2D eigenvalue weighted by Gasteiger charge is -2.35. The van der Waals surface area contributed by atoms with Crippen molar-refractivity contribution in [2.45, 2.75) is 58.2 Å². The summed E-state index contributed by atoms with van der Waals surface area (Å²) in [5, 5.41) is 15.9. The van der Waals surface area contributed by atoms with Gasteiger partial charge in [0.05, 0.1) is 35.4 Å². The largest absolute Gasteiger partial charge is 0.496 e. The van der Waals surface area contributed by atoms with Crippen molar-refractivity contribution < 1.29 is 19.1 Å². The summed E-state index contributed by atoms with van der Waals surface area (Å²) in [5.74, 6) is -0.208. The normalized spacial score (nSPS) is 16.5. The molecule has 11 nitrogen and oxygen atoms in total. The van der Waals surface area contributed by atoms with Crippen LogP contribution in [0.5, 0.6) is 5.75 Å². The van der Waals surface area contributed by atoms with Crippen LogP contribution in [0.1, 0.15) is 39.2 Å². The number of para-hydroxylation sites is 1. The summed E-state index contributed by atoms with van der Waals surface area (Å²) in [5.41, 5.74) is 1.25. The summed E-state index contributed by atoms with van der Waals surface area (Å²) >= 11 is 6.38. The summed E-state index contributed by atoms with van der Waals surface area (Å²) in [6, 6.07) is 9.06. The first-order valence-electron chi connectivity index (χ1n) is 13.9. The van der Waals surface area contributed by atoms with Crippen LogP contribution in [0.15, 0.2) is 42.7 Å². The zero-order valence-electron chi connectivity index (χ0n) is 24.5. The minimum absolute atomic E-state index is 0.314. The van der Waals surface area contributed by atoms with E-state index in [2.05, 4.69) is 36.6 Å². The van der Waals surface area contributed by atoms with Crippen molar-refractivity contribution in [1.82, 2.24) is 31.2 Å². The third-order valence-corrected chi connectivity index (χ3v) is 7.92. The number of ether oxygens (including phenoxy) is 1. The van der Waals surface area contributed by atoms with E-state index in [4.69, 9.17) is 16.3 Å². The molecule has 12 heteroatoms. The second-order valence-electron chi connectivity index (χ2n) is 11.1. The van der Waals surface area contributed by atoms with Gasteiger partial charge in [-0.05, 0) is 69.0 Å². The van der Waals surface area contributed by atoms with E-state index < -0.39 is 35.4 Å². The Morgan fingerprint density at radius 2 is 1.93 bits per heavy atom. The van der Waals surface area contributed by atoms with E-state index in [0.717, 1.165) is 23.9 Å². The number of hydrogen-bond donors (Lipinski definition) is 5.